The number of piperazine rings is 1. The number of halogens is 2. The van der Waals surface area contributed by atoms with Crippen LogP contribution in [0, 0.1) is 0 Å². The summed E-state index contributed by atoms with van der Waals surface area (Å²) in [6.07, 6.45) is 16.9. The molecule has 5 aromatic rings. The van der Waals surface area contributed by atoms with E-state index in [2.05, 4.69) is 60.4 Å². The molecule has 0 spiro atoms. The van der Waals surface area contributed by atoms with Crippen molar-refractivity contribution in [1.29, 1.82) is 0 Å². The van der Waals surface area contributed by atoms with E-state index in [-0.39, 0.29) is 32.4 Å². The van der Waals surface area contributed by atoms with E-state index in [0.717, 1.165) is 68.3 Å². The third-order valence-electron chi connectivity index (χ3n) is 11.9. The van der Waals surface area contributed by atoms with Gasteiger partial charge in [-0.25, -0.2) is 32.1 Å². The lowest BCUT2D eigenvalue weighted by Crippen LogP contribution is -2.46. The molecule has 0 amide bonds. The van der Waals surface area contributed by atoms with Crippen LogP contribution in [-0.2, 0) is 36.4 Å². The standard InChI is InChI=1S/C35H38Cl2N8O4.C12H26O4S/c1-3-25(2)45-34(46)44(24-40-45)29-7-5-27(6-8-29)41-14-16-42(17-15-41)28-9-11-30(12-10-28)47-19-31-20-48-35(49-31,21-43-23-38-22-39-43)32-13-4-26(36)18-33(32)37;1-2-3-4-5-6-7-8-9-10-11-12-16-17(13,14)15/h4-13,18,22-25,31H,3,14-17,19-21H2,1-2H3;2-12H2,1H3,(H,13,14,15). The Morgan fingerprint density at radius 3 is 2.02 bits per heavy atom. The summed E-state index contributed by atoms with van der Waals surface area (Å²) >= 11 is 12.7. The van der Waals surface area contributed by atoms with Crippen LogP contribution < -0.4 is 20.2 Å². The molecule has 2 saturated heterocycles. The van der Waals surface area contributed by atoms with Crippen LogP contribution in [0.25, 0.3) is 5.69 Å². The topological polar surface area (TPSA) is 171 Å². The van der Waals surface area contributed by atoms with Gasteiger partial charge in [0.05, 0.1) is 30.0 Å². The highest BCUT2D eigenvalue weighted by Gasteiger charge is 2.45. The third kappa shape index (κ3) is 14.8. The molecule has 0 N–H and O–H groups in total. The SMILES string of the molecule is CCC(C)n1ncn(-c2ccc(N3CCN(c4ccc(OCC5COC(Cn6cncn6)(c6ccc(Cl)cc6Cl)O5)cc4)CC3)cc2)c1=O.CCCCCCCCCCCCOS(=O)(=O)[O-].[H+]. The normalized spacial score (nSPS) is 18.0. The largest absolute Gasteiger partial charge is 1.00 e. The molecule has 3 unspecified atom stereocenters. The number of ether oxygens (including phenoxy) is 3. The molecule has 0 aliphatic carbocycles. The summed E-state index contributed by atoms with van der Waals surface area (Å²) in [6.45, 7) is 10.7. The van der Waals surface area contributed by atoms with Gasteiger partial charge < -0.3 is 28.6 Å². The van der Waals surface area contributed by atoms with E-state index >= 15 is 0 Å². The predicted octanol–water partition coefficient (Wildman–Crippen LogP) is 9.07. The summed E-state index contributed by atoms with van der Waals surface area (Å²) < 4.78 is 58.1. The Bertz CT molecular complexity index is 2380. The molecule has 2 aliphatic rings. The molecule has 4 heterocycles. The van der Waals surface area contributed by atoms with Crippen LogP contribution in [0.3, 0.4) is 0 Å². The van der Waals surface area contributed by atoms with Crippen LogP contribution in [0.15, 0.2) is 90.5 Å². The number of benzene rings is 3. The van der Waals surface area contributed by atoms with Gasteiger partial charge in [0.15, 0.2) is 0 Å². The van der Waals surface area contributed by atoms with E-state index in [1.165, 1.54) is 56.0 Å². The maximum absolute atomic E-state index is 12.8. The molecule has 19 heteroatoms. The number of anilines is 2. The van der Waals surface area contributed by atoms with Gasteiger partial charge in [0.1, 0.15) is 44.0 Å². The third-order valence-corrected chi connectivity index (χ3v) is 12.9. The Kier molecular flexibility index (Phi) is 19.3. The van der Waals surface area contributed by atoms with Crippen molar-refractivity contribution < 1.29 is 32.8 Å². The molecule has 2 aromatic heterocycles. The molecular weight excluding hydrogens is 908 g/mol. The molecule has 2 fully saturated rings. The smallest absolute Gasteiger partial charge is 0.726 e. The zero-order valence-corrected chi connectivity index (χ0v) is 40.5. The van der Waals surface area contributed by atoms with E-state index < -0.39 is 16.2 Å². The number of nitrogens with zero attached hydrogens (tertiary/aromatic N) is 8. The number of aromatic nitrogens is 6. The first-order valence-electron chi connectivity index (χ1n) is 23.1. The van der Waals surface area contributed by atoms with Crippen LogP contribution in [0.1, 0.15) is 104 Å². The minimum Gasteiger partial charge on any atom is -0.726 e. The number of rotatable bonds is 23. The summed E-state index contributed by atoms with van der Waals surface area (Å²) in [5, 5.41) is 9.50. The molecule has 0 radical (unpaired) electrons. The van der Waals surface area contributed by atoms with Crippen molar-refractivity contribution in [3.63, 3.8) is 0 Å². The van der Waals surface area contributed by atoms with E-state index in [4.69, 9.17) is 37.4 Å². The minimum atomic E-state index is -4.48. The first kappa shape index (κ1) is 50.9. The Hall–Kier alpha value is -4.49. The second kappa shape index (κ2) is 25.0. The zero-order valence-electron chi connectivity index (χ0n) is 39.2. The average molecular weight is 972 g/mol. The van der Waals surface area contributed by atoms with Crippen molar-refractivity contribution >= 4 is 45.0 Å². The van der Waals surface area contributed by atoms with Crippen LogP contribution in [0.5, 0.6) is 5.75 Å². The lowest BCUT2D eigenvalue weighted by Gasteiger charge is -2.37. The van der Waals surface area contributed by atoms with Gasteiger partial charge >= 0.3 is 7.12 Å². The summed E-state index contributed by atoms with van der Waals surface area (Å²) in [6, 6.07) is 21.6. The fourth-order valence-electron chi connectivity index (χ4n) is 7.99. The van der Waals surface area contributed by atoms with Crippen molar-refractivity contribution in [3.8, 4) is 11.4 Å². The minimum absolute atomic E-state index is 0. The highest BCUT2D eigenvalue weighted by molar-refractivity contribution is 7.80. The summed E-state index contributed by atoms with van der Waals surface area (Å²) in [4.78, 5) is 21.6. The summed E-state index contributed by atoms with van der Waals surface area (Å²) in [7, 11) is -4.48. The van der Waals surface area contributed by atoms with Crippen molar-refractivity contribution in [2.24, 2.45) is 0 Å². The van der Waals surface area contributed by atoms with Crippen molar-refractivity contribution in [2.45, 2.75) is 116 Å². The van der Waals surface area contributed by atoms with Crippen molar-refractivity contribution in [3.05, 3.63) is 112 Å². The fraction of sp³-hybridized carbons (Fsp3) is 0.532. The molecule has 66 heavy (non-hydrogen) atoms. The fourth-order valence-corrected chi connectivity index (χ4v) is 8.87. The molecule has 0 saturated carbocycles. The molecular formula is C47H64Cl2N8O8S. The van der Waals surface area contributed by atoms with Gasteiger partial charge in [-0.2, -0.15) is 10.2 Å². The van der Waals surface area contributed by atoms with Gasteiger partial charge in [-0.1, -0.05) is 101 Å². The van der Waals surface area contributed by atoms with E-state index in [9.17, 15) is 17.8 Å². The predicted molar refractivity (Wildman–Crippen MR) is 257 cm³/mol. The highest BCUT2D eigenvalue weighted by atomic mass is 35.5. The Morgan fingerprint density at radius 1 is 0.833 bits per heavy atom. The maximum atomic E-state index is 12.8. The van der Waals surface area contributed by atoms with Crippen molar-refractivity contribution in [2.75, 3.05) is 55.8 Å². The molecule has 3 aromatic carbocycles. The number of hydrogen-bond acceptors (Lipinski definition) is 13. The Balaban J connectivity index is 0.000000399. The van der Waals surface area contributed by atoms with Gasteiger partial charge in [0.2, 0.25) is 16.2 Å². The summed E-state index contributed by atoms with van der Waals surface area (Å²) in [5.74, 6) is -0.410. The quantitative estimate of drug-likeness (QED) is 0.0345. The molecule has 7 rings (SSSR count). The average Bonchev–Trinajstić information content (AvgIpc) is 4.08. The van der Waals surface area contributed by atoms with Crippen LogP contribution in [0.2, 0.25) is 10.0 Å². The van der Waals surface area contributed by atoms with E-state index in [0.29, 0.717) is 35.2 Å². The van der Waals surface area contributed by atoms with Gasteiger partial charge in [0, 0.05) is 48.1 Å². The molecule has 360 valence electrons. The van der Waals surface area contributed by atoms with Gasteiger partial charge in [0.25, 0.3) is 0 Å². The second-order valence-corrected chi connectivity index (χ2v) is 18.6. The van der Waals surface area contributed by atoms with Gasteiger partial charge in [-0.3, -0.25) is 4.18 Å². The highest BCUT2D eigenvalue weighted by Crippen LogP contribution is 2.40. The summed E-state index contributed by atoms with van der Waals surface area (Å²) in [5.41, 5.74) is 3.64. The lowest BCUT2D eigenvalue weighted by molar-refractivity contribution is -0.190. The first-order valence-corrected chi connectivity index (χ1v) is 25.2. The molecule has 0 bridgehead atoms. The Morgan fingerprint density at radius 2 is 1.44 bits per heavy atom. The number of unbranched alkanes of at least 4 members (excludes halogenated alkanes) is 9. The second-order valence-electron chi connectivity index (χ2n) is 16.7. The van der Waals surface area contributed by atoms with Gasteiger partial charge in [-0.05, 0) is 80.4 Å². The van der Waals surface area contributed by atoms with Crippen molar-refractivity contribution in [1.82, 2.24) is 29.1 Å². The molecule has 2 aliphatic heterocycles. The van der Waals surface area contributed by atoms with Crippen LogP contribution >= 0.6 is 23.2 Å². The number of hydrogen-bond donors (Lipinski definition) is 0. The van der Waals surface area contributed by atoms with Crippen LogP contribution in [-0.4, -0.2) is 94.2 Å². The molecule has 16 nitrogen and oxygen atoms in total. The maximum Gasteiger partial charge on any atom is 1.00 e. The van der Waals surface area contributed by atoms with E-state index in [1.54, 1.807) is 34.0 Å². The first-order chi connectivity index (χ1) is 31.9. The monoisotopic (exact) mass is 970 g/mol. The lowest BCUT2D eigenvalue weighted by atomic mass is 10.1. The van der Waals surface area contributed by atoms with Crippen LogP contribution in [0.4, 0.5) is 11.4 Å². The van der Waals surface area contributed by atoms with Gasteiger partial charge in [-0.15, -0.1) is 0 Å². The molecule has 3 atom stereocenters. The van der Waals surface area contributed by atoms with E-state index in [1.807, 2.05) is 44.2 Å². The Labute approximate surface area is 400 Å². The zero-order chi connectivity index (χ0) is 46.9.